The summed E-state index contributed by atoms with van der Waals surface area (Å²) in [4.78, 5) is 15.6. The molecule has 4 rings (SSSR count). The molecule has 0 bridgehead atoms. The molecule has 1 aromatic heterocycles. The third-order valence-corrected chi connectivity index (χ3v) is 6.39. The summed E-state index contributed by atoms with van der Waals surface area (Å²) in [7, 11) is 0. The first-order chi connectivity index (χ1) is 15.7. The first kappa shape index (κ1) is 23.2. The zero-order valence-electron chi connectivity index (χ0n) is 18.5. The third-order valence-electron chi connectivity index (χ3n) is 6.39. The van der Waals surface area contributed by atoms with Gasteiger partial charge < -0.3 is 19.8 Å². The predicted octanol–water partition coefficient (Wildman–Crippen LogP) is 5.92. The fourth-order valence-corrected chi connectivity index (χ4v) is 4.02. The maximum Gasteiger partial charge on any atom is 0.416 e. The summed E-state index contributed by atoms with van der Waals surface area (Å²) in [5, 5.41) is 3.81. The van der Waals surface area contributed by atoms with Gasteiger partial charge in [0.25, 0.3) is 0 Å². The molecule has 1 amide bonds. The summed E-state index contributed by atoms with van der Waals surface area (Å²) in [5.41, 5.74) is 1.55. The van der Waals surface area contributed by atoms with Crippen molar-refractivity contribution in [3.63, 3.8) is 0 Å². The van der Waals surface area contributed by atoms with Crippen LogP contribution in [0, 0.1) is 11.8 Å². The van der Waals surface area contributed by atoms with Crippen molar-refractivity contribution in [1.29, 1.82) is 0 Å². The number of hydrogen-bond acceptors (Lipinski definition) is 3. The highest BCUT2D eigenvalue weighted by Crippen LogP contribution is 2.38. The summed E-state index contributed by atoms with van der Waals surface area (Å²) in [6.07, 6.45) is 2.21. The lowest BCUT2D eigenvalue weighted by molar-refractivity contribution is -0.147. The number of alkyl halides is 3. The molecule has 1 aliphatic heterocycles. The van der Waals surface area contributed by atoms with E-state index in [-0.39, 0.29) is 30.0 Å². The number of hydrogen-bond donors (Lipinski definition) is 2. The molecule has 2 atom stereocenters. The maximum absolute atomic E-state index is 12.8. The van der Waals surface area contributed by atoms with Gasteiger partial charge in [-0.25, -0.2) is 0 Å². The van der Waals surface area contributed by atoms with Gasteiger partial charge in [-0.3, -0.25) is 4.79 Å². The van der Waals surface area contributed by atoms with Crippen molar-refractivity contribution >= 4 is 22.5 Å². The Bertz CT molecular complexity index is 1110. The highest BCUT2D eigenvalue weighted by molar-refractivity contribution is 6.03. The van der Waals surface area contributed by atoms with Gasteiger partial charge in [0, 0.05) is 17.1 Å². The van der Waals surface area contributed by atoms with Crippen LogP contribution in [-0.4, -0.2) is 35.9 Å². The number of halogens is 3. The van der Waals surface area contributed by atoms with Crippen LogP contribution in [0.4, 0.5) is 18.9 Å². The molecule has 5 nitrogen and oxygen atoms in total. The summed E-state index contributed by atoms with van der Waals surface area (Å²) in [6, 6.07) is 5.63. The molecule has 33 heavy (non-hydrogen) atoms. The number of ether oxygens (including phenoxy) is 2. The number of fused-ring (bicyclic) bond motifs is 1. The van der Waals surface area contributed by atoms with Crippen LogP contribution in [0.1, 0.15) is 26.7 Å². The Labute approximate surface area is 190 Å². The largest absolute Gasteiger partial charge is 0.490 e. The molecule has 8 heteroatoms. The SMILES string of the molecule is C=C(/C=C\C(=C/C)C(F)(F)F)[C@H]1C[C@H](Oc2ccc3[nH]cc(NC(=O)[C@@H]4CO[C@@H]4C)c3c2)C1. The first-order valence-corrected chi connectivity index (χ1v) is 11.0. The number of H-pyrrole nitrogens is 1. The van der Waals surface area contributed by atoms with Crippen LogP contribution >= 0.6 is 0 Å². The van der Waals surface area contributed by atoms with Crippen LogP contribution in [0.2, 0.25) is 0 Å². The summed E-state index contributed by atoms with van der Waals surface area (Å²) < 4.78 is 49.8. The van der Waals surface area contributed by atoms with E-state index < -0.39 is 11.7 Å². The van der Waals surface area contributed by atoms with E-state index in [2.05, 4.69) is 16.9 Å². The Hall–Kier alpha value is -3.00. The molecule has 1 aliphatic carbocycles. The molecule has 2 aromatic rings. The van der Waals surface area contributed by atoms with Gasteiger partial charge in [0.1, 0.15) is 5.75 Å². The molecule has 1 aromatic carbocycles. The number of benzene rings is 1. The van der Waals surface area contributed by atoms with Crippen LogP contribution in [0.15, 0.2) is 60.3 Å². The molecule has 176 valence electrons. The van der Waals surface area contributed by atoms with Crippen LogP contribution in [-0.2, 0) is 9.53 Å². The number of aromatic nitrogens is 1. The van der Waals surface area contributed by atoms with Crippen molar-refractivity contribution in [2.24, 2.45) is 11.8 Å². The fourth-order valence-electron chi connectivity index (χ4n) is 4.02. The average molecular weight is 460 g/mol. The number of nitrogens with one attached hydrogen (secondary N) is 2. The van der Waals surface area contributed by atoms with E-state index in [1.54, 1.807) is 6.20 Å². The molecule has 2 heterocycles. The number of carbonyl (C=O) groups excluding carboxylic acids is 1. The molecule has 0 unspecified atom stereocenters. The van der Waals surface area contributed by atoms with E-state index in [1.165, 1.54) is 13.0 Å². The van der Waals surface area contributed by atoms with Crippen molar-refractivity contribution in [3.05, 3.63) is 60.3 Å². The quantitative estimate of drug-likeness (QED) is 0.504. The van der Waals surface area contributed by atoms with Crippen molar-refractivity contribution < 1.29 is 27.4 Å². The van der Waals surface area contributed by atoms with Gasteiger partial charge in [-0.15, -0.1) is 0 Å². The maximum atomic E-state index is 12.8. The molecule has 1 saturated carbocycles. The van der Waals surface area contributed by atoms with E-state index in [0.717, 1.165) is 23.1 Å². The Morgan fingerprint density at radius 2 is 2.06 bits per heavy atom. The topological polar surface area (TPSA) is 63.3 Å². The summed E-state index contributed by atoms with van der Waals surface area (Å²) >= 11 is 0. The fraction of sp³-hybridized carbons (Fsp3) is 0.400. The summed E-state index contributed by atoms with van der Waals surface area (Å²) in [5.74, 6) is 0.551. The molecule has 2 aliphatic rings. The minimum Gasteiger partial charge on any atom is -0.490 e. The number of rotatable bonds is 7. The molecule has 0 spiro atoms. The molecule has 2 N–H and O–H groups in total. The summed E-state index contributed by atoms with van der Waals surface area (Å²) in [6.45, 7) is 7.59. The predicted molar refractivity (Wildman–Crippen MR) is 121 cm³/mol. The molecule has 1 saturated heterocycles. The van der Waals surface area contributed by atoms with Gasteiger partial charge >= 0.3 is 6.18 Å². The number of allylic oxidation sites excluding steroid dienone is 5. The van der Waals surface area contributed by atoms with Crippen LogP contribution < -0.4 is 10.1 Å². The lowest BCUT2D eigenvalue weighted by Crippen LogP contribution is -2.45. The Morgan fingerprint density at radius 1 is 1.30 bits per heavy atom. The number of amides is 1. The van der Waals surface area contributed by atoms with Crippen molar-refractivity contribution in [2.45, 2.75) is 45.1 Å². The molecular formula is C25H27F3N2O3. The van der Waals surface area contributed by atoms with Crippen LogP contribution in [0.5, 0.6) is 5.75 Å². The smallest absolute Gasteiger partial charge is 0.416 e. The lowest BCUT2D eigenvalue weighted by Gasteiger charge is -2.36. The number of carbonyl (C=O) groups is 1. The van der Waals surface area contributed by atoms with Crippen LogP contribution in [0.3, 0.4) is 0 Å². The Kier molecular flexibility index (Phi) is 6.38. The van der Waals surface area contributed by atoms with Gasteiger partial charge in [0.05, 0.1) is 36.0 Å². The number of aromatic amines is 1. The Morgan fingerprint density at radius 3 is 2.67 bits per heavy atom. The van der Waals surface area contributed by atoms with Crippen molar-refractivity contribution in [3.8, 4) is 5.75 Å². The van der Waals surface area contributed by atoms with E-state index in [1.807, 2.05) is 25.1 Å². The van der Waals surface area contributed by atoms with Crippen molar-refractivity contribution in [1.82, 2.24) is 4.98 Å². The van der Waals surface area contributed by atoms with E-state index in [9.17, 15) is 18.0 Å². The lowest BCUT2D eigenvalue weighted by atomic mass is 9.77. The first-order valence-electron chi connectivity index (χ1n) is 11.0. The highest BCUT2D eigenvalue weighted by Gasteiger charge is 2.35. The van der Waals surface area contributed by atoms with Crippen molar-refractivity contribution in [2.75, 3.05) is 11.9 Å². The van der Waals surface area contributed by atoms with E-state index in [4.69, 9.17) is 9.47 Å². The Balaban J connectivity index is 1.34. The average Bonchev–Trinajstić information content (AvgIpc) is 3.10. The van der Waals surface area contributed by atoms with Gasteiger partial charge in [-0.1, -0.05) is 30.4 Å². The van der Waals surface area contributed by atoms with Gasteiger partial charge in [-0.05, 0) is 50.8 Å². The van der Waals surface area contributed by atoms with E-state index in [0.29, 0.717) is 36.5 Å². The van der Waals surface area contributed by atoms with Gasteiger partial charge in [0.2, 0.25) is 5.91 Å². The van der Waals surface area contributed by atoms with Gasteiger partial charge in [-0.2, -0.15) is 13.2 Å². The molecule has 2 fully saturated rings. The second-order valence-corrected chi connectivity index (χ2v) is 8.60. The molecular weight excluding hydrogens is 433 g/mol. The van der Waals surface area contributed by atoms with Gasteiger partial charge in [0.15, 0.2) is 0 Å². The third kappa shape index (κ3) is 5.00. The van der Waals surface area contributed by atoms with E-state index >= 15 is 0 Å². The van der Waals surface area contributed by atoms with Crippen LogP contribution in [0.25, 0.3) is 10.9 Å². The monoisotopic (exact) mass is 460 g/mol. The molecule has 0 radical (unpaired) electrons. The normalized spacial score (nSPS) is 25.5. The second kappa shape index (κ2) is 9.09. The minimum atomic E-state index is -4.37. The second-order valence-electron chi connectivity index (χ2n) is 8.60. The zero-order valence-corrected chi connectivity index (χ0v) is 18.5. The standard InChI is InChI=1S/C25H27F3N2O3/c1-4-17(25(26,27)28)6-5-14(2)16-9-19(10-16)33-18-7-8-22-20(11-18)23(12-29-22)30-24(31)21-13-32-15(21)3/h4-8,11-12,15-16,19,21,29H,2,9-10,13H2,1,3H3,(H,30,31)/b6-5-,17-4+/t15-,16-,19-,21-/m1/s1. The number of anilines is 1. The zero-order chi connectivity index (χ0) is 23.8. The minimum absolute atomic E-state index is 0.0358. The highest BCUT2D eigenvalue weighted by atomic mass is 19.4.